The van der Waals surface area contributed by atoms with Crippen LogP contribution in [-0.4, -0.2) is 6.10 Å². The minimum Gasteiger partial charge on any atom is -0.491 e. The molecular weight excluding hydrogens is 240 g/mol. The smallest absolute Gasteiger partial charge is 0.344 e. The first-order valence-corrected chi connectivity index (χ1v) is 6.27. The second kappa shape index (κ2) is 4.43. The molecule has 0 atom stereocenters. The summed E-state index contributed by atoms with van der Waals surface area (Å²) in [5.41, 5.74) is 0.284. The lowest BCUT2D eigenvalue weighted by atomic mass is 10.1. The van der Waals surface area contributed by atoms with Crippen LogP contribution < -0.4 is 10.4 Å². The summed E-state index contributed by atoms with van der Waals surface area (Å²) in [4.78, 5) is 11.9. The van der Waals surface area contributed by atoms with Crippen molar-refractivity contribution in [2.45, 2.75) is 20.0 Å². The van der Waals surface area contributed by atoms with Crippen LogP contribution in [0.1, 0.15) is 13.8 Å². The molecule has 0 fully saturated rings. The molecule has 1 heterocycles. The third-order valence-electron chi connectivity index (χ3n) is 2.96. The summed E-state index contributed by atoms with van der Waals surface area (Å²) < 4.78 is 11.0. The van der Waals surface area contributed by atoms with Crippen LogP contribution in [0.2, 0.25) is 0 Å². The number of rotatable bonds is 2. The van der Waals surface area contributed by atoms with Gasteiger partial charge < -0.3 is 9.15 Å². The van der Waals surface area contributed by atoms with E-state index in [4.69, 9.17) is 9.15 Å². The van der Waals surface area contributed by atoms with Gasteiger partial charge in [-0.1, -0.05) is 18.2 Å². The Morgan fingerprint density at radius 3 is 2.58 bits per heavy atom. The first kappa shape index (κ1) is 11.8. The number of fused-ring (bicyclic) bond motifs is 3. The van der Waals surface area contributed by atoms with Crippen molar-refractivity contribution in [3.63, 3.8) is 0 Å². The first-order valence-electron chi connectivity index (χ1n) is 6.27. The van der Waals surface area contributed by atoms with Gasteiger partial charge in [-0.2, -0.15) is 0 Å². The fraction of sp³-hybridized carbons (Fsp3) is 0.188. The van der Waals surface area contributed by atoms with Crippen LogP contribution in [0.5, 0.6) is 5.75 Å². The van der Waals surface area contributed by atoms with Crippen molar-refractivity contribution < 1.29 is 9.15 Å². The van der Waals surface area contributed by atoms with Crippen LogP contribution in [0.4, 0.5) is 0 Å². The Hall–Kier alpha value is -2.29. The molecule has 1 aromatic heterocycles. The van der Waals surface area contributed by atoms with Crippen LogP contribution in [0.15, 0.2) is 51.7 Å². The van der Waals surface area contributed by atoms with Gasteiger partial charge in [-0.15, -0.1) is 0 Å². The van der Waals surface area contributed by atoms with E-state index in [1.807, 2.05) is 38.1 Å². The van der Waals surface area contributed by atoms with Crippen molar-refractivity contribution >= 4 is 21.7 Å². The van der Waals surface area contributed by atoms with Crippen LogP contribution in [0.3, 0.4) is 0 Å². The van der Waals surface area contributed by atoms with Gasteiger partial charge in [0.25, 0.3) is 0 Å². The second-order valence-corrected chi connectivity index (χ2v) is 4.76. The topological polar surface area (TPSA) is 39.4 Å². The van der Waals surface area contributed by atoms with Crippen molar-refractivity contribution in [1.82, 2.24) is 0 Å². The molecule has 3 nitrogen and oxygen atoms in total. The summed E-state index contributed by atoms with van der Waals surface area (Å²) in [7, 11) is 0. The highest BCUT2D eigenvalue weighted by atomic mass is 16.5. The average molecular weight is 254 g/mol. The van der Waals surface area contributed by atoms with Gasteiger partial charge in [0.15, 0.2) is 0 Å². The molecule has 0 radical (unpaired) electrons. The fourth-order valence-corrected chi connectivity index (χ4v) is 2.20. The van der Waals surface area contributed by atoms with E-state index in [0.29, 0.717) is 11.0 Å². The molecule has 0 saturated carbocycles. The fourth-order valence-electron chi connectivity index (χ4n) is 2.20. The van der Waals surface area contributed by atoms with E-state index in [1.165, 1.54) is 0 Å². The Labute approximate surface area is 110 Å². The minimum absolute atomic E-state index is 0.101. The largest absolute Gasteiger partial charge is 0.491 e. The summed E-state index contributed by atoms with van der Waals surface area (Å²) >= 11 is 0. The lowest BCUT2D eigenvalue weighted by Crippen LogP contribution is -2.06. The highest BCUT2D eigenvalue weighted by Crippen LogP contribution is 2.26. The summed E-state index contributed by atoms with van der Waals surface area (Å²) in [5, 5.41) is 2.37. The van der Waals surface area contributed by atoms with Crippen molar-refractivity contribution in [2.75, 3.05) is 0 Å². The molecule has 0 N–H and O–H groups in total. The maximum absolute atomic E-state index is 11.9. The van der Waals surface area contributed by atoms with E-state index < -0.39 is 0 Å². The third-order valence-corrected chi connectivity index (χ3v) is 2.96. The molecule has 0 bridgehead atoms. The molecule has 0 amide bonds. The molecule has 19 heavy (non-hydrogen) atoms. The number of ether oxygens (including phenoxy) is 1. The lowest BCUT2D eigenvalue weighted by Gasteiger charge is -2.10. The molecule has 3 rings (SSSR count). The normalized spacial score (nSPS) is 11.3. The van der Waals surface area contributed by atoms with E-state index in [2.05, 4.69) is 0 Å². The second-order valence-electron chi connectivity index (χ2n) is 4.76. The van der Waals surface area contributed by atoms with E-state index in [9.17, 15) is 4.79 Å². The van der Waals surface area contributed by atoms with Gasteiger partial charge in [-0.3, -0.25) is 0 Å². The molecule has 2 aromatic carbocycles. The molecule has 0 aliphatic carbocycles. The van der Waals surface area contributed by atoms with Gasteiger partial charge in [-0.05, 0) is 38.1 Å². The molecule has 0 saturated heterocycles. The zero-order valence-corrected chi connectivity index (χ0v) is 10.8. The molecule has 96 valence electrons. The molecular formula is C16H14O3. The van der Waals surface area contributed by atoms with Crippen molar-refractivity contribution in [2.24, 2.45) is 0 Å². The van der Waals surface area contributed by atoms with Crippen LogP contribution in [-0.2, 0) is 0 Å². The summed E-state index contributed by atoms with van der Waals surface area (Å²) in [6, 6.07) is 13.0. The van der Waals surface area contributed by atoms with Gasteiger partial charge in [0.05, 0.1) is 11.5 Å². The van der Waals surface area contributed by atoms with Crippen molar-refractivity contribution in [3.05, 3.63) is 52.9 Å². The predicted octanol–water partition coefficient (Wildman–Crippen LogP) is 3.73. The van der Waals surface area contributed by atoms with E-state index in [-0.39, 0.29) is 11.7 Å². The maximum atomic E-state index is 11.9. The van der Waals surface area contributed by atoms with Crippen LogP contribution in [0, 0.1) is 0 Å². The Balaban J connectivity index is 2.36. The van der Waals surface area contributed by atoms with Crippen molar-refractivity contribution in [3.8, 4) is 5.75 Å². The first-order chi connectivity index (χ1) is 9.15. The number of hydrogen-bond acceptors (Lipinski definition) is 3. The van der Waals surface area contributed by atoms with E-state index >= 15 is 0 Å². The number of para-hydroxylation sites is 1. The highest BCUT2D eigenvalue weighted by Gasteiger charge is 2.08. The maximum Gasteiger partial charge on any atom is 0.344 e. The number of benzene rings is 2. The Bertz CT molecular complexity index is 800. The third kappa shape index (κ3) is 2.08. The van der Waals surface area contributed by atoms with Gasteiger partial charge in [0.1, 0.15) is 11.3 Å². The molecule has 0 aliphatic heterocycles. The molecule has 3 heteroatoms. The highest BCUT2D eigenvalue weighted by molar-refractivity contribution is 6.04. The van der Waals surface area contributed by atoms with Gasteiger partial charge >= 0.3 is 5.63 Å². The van der Waals surface area contributed by atoms with E-state index in [1.54, 1.807) is 18.2 Å². The summed E-state index contributed by atoms with van der Waals surface area (Å²) in [6.07, 6.45) is 0.101. The van der Waals surface area contributed by atoms with E-state index in [0.717, 1.165) is 16.5 Å². The van der Waals surface area contributed by atoms with Gasteiger partial charge in [-0.25, -0.2) is 4.79 Å². The molecule has 0 aliphatic rings. The SMILES string of the molecule is CC(C)Oc1ccc2c(=O)oc3ccccc3c2c1. The minimum atomic E-state index is -0.315. The van der Waals surface area contributed by atoms with Crippen molar-refractivity contribution in [1.29, 1.82) is 0 Å². The number of hydrogen-bond donors (Lipinski definition) is 0. The quantitative estimate of drug-likeness (QED) is 0.516. The van der Waals surface area contributed by atoms with Gasteiger partial charge in [0.2, 0.25) is 0 Å². The molecule has 0 unspecified atom stereocenters. The summed E-state index contributed by atoms with van der Waals surface area (Å²) in [6.45, 7) is 3.95. The monoisotopic (exact) mass is 254 g/mol. The van der Waals surface area contributed by atoms with Crippen LogP contribution >= 0.6 is 0 Å². The van der Waals surface area contributed by atoms with Gasteiger partial charge in [0, 0.05) is 10.8 Å². The lowest BCUT2D eigenvalue weighted by molar-refractivity contribution is 0.243. The zero-order chi connectivity index (χ0) is 13.4. The summed E-state index contributed by atoms with van der Waals surface area (Å²) in [5.74, 6) is 0.762. The predicted molar refractivity (Wildman–Crippen MR) is 75.8 cm³/mol. The zero-order valence-electron chi connectivity index (χ0n) is 10.8. The van der Waals surface area contributed by atoms with Crippen LogP contribution in [0.25, 0.3) is 21.7 Å². The molecule has 3 aromatic rings. The average Bonchev–Trinajstić information content (AvgIpc) is 2.38. The Morgan fingerprint density at radius 1 is 1.00 bits per heavy atom. The molecule has 0 spiro atoms. The Morgan fingerprint density at radius 2 is 1.79 bits per heavy atom. The standard InChI is InChI=1S/C16H14O3/c1-10(2)18-11-7-8-13-14(9-11)12-5-3-4-6-15(12)19-16(13)17/h3-10H,1-2H3. The Kier molecular flexibility index (Phi) is 2.75.